The molecule has 2 aliphatic rings. The van der Waals surface area contributed by atoms with Crippen LogP contribution in [0.5, 0.6) is 0 Å². The van der Waals surface area contributed by atoms with Gasteiger partial charge in [-0.25, -0.2) is 4.79 Å². The van der Waals surface area contributed by atoms with E-state index >= 15 is 0 Å². The van der Waals surface area contributed by atoms with Crippen molar-refractivity contribution in [1.82, 2.24) is 10.6 Å². The fourth-order valence-corrected chi connectivity index (χ4v) is 5.23. The summed E-state index contributed by atoms with van der Waals surface area (Å²) in [4.78, 5) is 36.7. The van der Waals surface area contributed by atoms with Gasteiger partial charge in [-0.15, -0.1) is 0 Å². The highest BCUT2D eigenvalue weighted by atomic mass is 16.5. The molecule has 4 rings (SSSR count). The molecule has 3 N–H and O–H groups in total. The number of amides is 2. The van der Waals surface area contributed by atoms with Gasteiger partial charge in [0.15, 0.2) is 0 Å². The molecule has 186 valence electrons. The first-order valence-corrected chi connectivity index (χ1v) is 12.0. The summed E-state index contributed by atoms with van der Waals surface area (Å²) in [5.41, 5.74) is 4.50. The second-order valence-electron chi connectivity index (χ2n) is 9.37. The van der Waals surface area contributed by atoms with Crippen LogP contribution in [-0.2, 0) is 19.1 Å². The van der Waals surface area contributed by atoms with Crippen LogP contribution in [0.3, 0.4) is 0 Å². The average molecular weight is 481 g/mol. The van der Waals surface area contributed by atoms with Crippen molar-refractivity contribution in [3.8, 4) is 11.1 Å². The standard InChI is InChI=1S/C27H32N2O6/c1-16(34-2)25(26(32)28-18-12-11-17(13-18)14-24(30)31)29-27(33)35-15-23-21-9-5-3-7-19(21)20-8-4-6-10-22(20)23/h3-10,16-18,23,25H,11-15H2,1-2H3,(H,28,32)(H,29,33)(H,30,31)/t16-,17?,18?,25+/m1/s1. The molecule has 0 spiro atoms. The number of hydrogen-bond donors (Lipinski definition) is 3. The first-order chi connectivity index (χ1) is 16.9. The van der Waals surface area contributed by atoms with Crippen molar-refractivity contribution in [2.24, 2.45) is 5.92 Å². The third kappa shape index (κ3) is 5.65. The molecule has 0 saturated heterocycles. The Morgan fingerprint density at radius 3 is 2.26 bits per heavy atom. The van der Waals surface area contributed by atoms with Crippen molar-refractivity contribution in [3.05, 3.63) is 59.7 Å². The Hall–Kier alpha value is -3.39. The number of alkyl carbamates (subject to hydrolysis) is 1. The Bertz CT molecular complexity index is 1040. The van der Waals surface area contributed by atoms with Crippen LogP contribution in [0.1, 0.15) is 49.7 Å². The number of hydrogen-bond acceptors (Lipinski definition) is 5. The average Bonchev–Trinajstić information content (AvgIpc) is 3.41. The quantitative estimate of drug-likeness (QED) is 0.504. The molecule has 0 radical (unpaired) electrons. The Morgan fingerprint density at radius 2 is 1.66 bits per heavy atom. The minimum absolute atomic E-state index is 0.0474. The maximum atomic E-state index is 13.0. The molecule has 2 aromatic carbocycles. The first kappa shape index (κ1) is 24.7. The van der Waals surface area contributed by atoms with Gasteiger partial charge in [0.1, 0.15) is 12.6 Å². The number of ether oxygens (including phenoxy) is 2. The predicted octanol–water partition coefficient (Wildman–Crippen LogP) is 3.69. The van der Waals surface area contributed by atoms with E-state index in [2.05, 4.69) is 22.8 Å². The van der Waals surface area contributed by atoms with E-state index in [0.29, 0.717) is 12.8 Å². The zero-order valence-corrected chi connectivity index (χ0v) is 20.0. The van der Waals surface area contributed by atoms with Crippen molar-refractivity contribution >= 4 is 18.0 Å². The zero-order chi connectivity index (χ0) is 24.9. The molecule has 1 saturated carbocycles. The molecule has 2 aromatic rings. The van der Waals surface area contributed by atoms with Crippen molar-refractivity contribution in [1.29, 1.82) is 0 Å². The number of nitrogens with one attached hydrogen (secondary N) is 2. The molecule has 2 aliphatic carbocycles. The summed E-state index contributed by atoms with van der Waals surface area (Å²) in [6.45, 7) is 1.85. The van der Waals surface area contributed by atoms with E-state index in [4.69, 9.17) is 14.6 Å². The number of aliphatic carboxylic acids is 1. The van der Waals surface area contributed by atoms with Gasteiger partial charge in [0.25, 0.3) is 0 Å². The van der Waals surface area contributed by atoms with Crippen LogP contribution in [-0.4, -0.2) is 55.0 Å². The van der Waals surface area contributed by atoms with E-state index in [1.54, 1.807) is 6.92 Å². The van der Waals surface area contributed by atoms with Crippen molar-refractivity contribution in [3.63, 3.8) is 0 Å². The third-order valence-electron chi connectivity index (χ3n) is 7.09. The van der Waals surface area contributed by atoms with Gasteiger partial charge in [-0.3, -0.25) is 9.59 Å². The van der Waals surface area contributed by atoms with Gasteiger partial charge >= 0.3 is 12.1 Å². The van der Waals surface area contributed by atoms with Gasteiger partial charge < -0.3 is 25.2 Å². The Balaban J connectivity index is 1.36. The molecule has 0 aromatic heterocycles. The molecule has 0 heterocycles. The molecule has 0 aliphatic heterocycles. The van der Waals surface area contributed by atoms with Crippen LogP contribution in [0.25, 0.3) is 11.1 Å². The fraction of sp³-hybridized carbons (Fsp3) is 0.444. The first-order valence-electron chi connectivity index (χ1n) is 12.0. The Kier molecular flexibility index (Phi) is 7.70. The monoisotopic (exact) mass is 480 g/mol. The number of rotatable bonds is 9. The Labute approximate surface area is 205 Å². The van der Waals surface area contributed by atoms with Crippen LogP contribution in [0.15, 0.2) is 48.5 Å². The van der Waals surface area contributed by atoms with Crippen LogP contribution in [0.2, 0.25) is 0 Å². The number of benzene rings is 2. The number of fused-ring (bicyclic) bond motifs is 3. The highest BCUT2D eigenvalue weighted by Crippen LogP contribution is 2.44. The van der Waals surface area contributed by atoms with Crippen molar-refractivity contribution in [2.75, 3.05) is 13.7 Å². The van der Waals surface area contributed by atoms with Crippen LogP contribution in [0, 0.1) is 5.92 Å². The van der Waals surface area contributed by atoms with E-state index < -0.39 is 24.2 Å². The van der Waals surface area contributed by atoms with Gasteiger partial charge in [-0.1, -0.05) is 48.5 Å². The lowest BCUT2D eigenvalue weighted by Crippen LogP contribution is -2.54. The zero-order valence-electron chi connectivity index (χ0n) is 20.0. The third-order valence-corrected chi connectivity index (χ3v) is 7.09. The number of carboxylic acid groups (broad SMARTS) is 1. The lowest BCUT2D eigenvalue weighted by molar-refractivity contribution is -0.138. The fourth-order valence-electron chi connectivity index (χ4n) is 5.23. The molecule has 8 heteroatoms. The smallest absolute Gasteiger partial charge is 0.407 e. The van der Waals surface area contributed by atoms with Crippen LogP contribution < -0.4 is 10.6 Å². The molecular weight excluding hydrogens is 448 g/mol. The molecule has 1 fully saturated rings. The summed E-state index contributed by atoms with van der Waals surface area (Å²) in [5.74, 6) is -1.23. The second-order valence-corrected chi connectivity index (χ2v) is 9.37. The largest absolute Gasteiger partial charge is 0.481 e. The van der Waals surface area contributed by atoms with Gasteiger partial charge in [0, 0.05) is 25.5 Å². The molecule has 2 unspecified atom stereocenters. The normalized spacial score (nSPS) is 20.4. The van der Waals surface area contributed by atoms with Gasteiger partial charge in [0.2, 0.25) is 5.91 Å². The molecule has 2 amide bonds. The SMILES string of the molecule is CO[C@H](C)[C@H](NC(=O)OCC1c2ccccc2-c2ccccc21)C(=O)NC1CCC(CC(=O)O)C1. The van der Waals surface area contributed by atoms with Crippen LogP contribution >= 0.6 is 0 Å². The summed E-state index contributed by atoms with van der Waals surface area (Å²) >= 11 is 0. The molecule has 8 nitrogen and oxygen atoms in total. The van der Waals surface area contributed by atoms with E-state index in [0.717, 1.165) is 28.7 Å². The summed E-state index contributed by atoms with van der Waals surface area (Å²) in [5, 5.41) is 14.6. The Morgan fingerprint density at radius 1 is 1.03 bits per heavy atom. The predicted molar refractivity (Wildman–Crippen MR) is 130 cm³/mol. The van der Waals surface area contributed by atoms with Crippen molar-refractivity contribution in [2.45, 2.75) is 56.7 Å². The summed E-state index contributed by atoms with van der Waals surface area (Å²) < 4.78 is 10.9. The highest BCUT2D eigenvalue weighted by molar-refractivity contribution is 5.86. The number of methoxy groups -OCH3 is 1. The molecule has 4 atom stereocenters. The highest BCUT2D eigenvalue weighted by Gasteiger charge is 2.34. The minimum atomic E-state index is -0.936. The molecular formula is C27H32N2O6. The van der Waals surface area contributed by atoms with E-state index in [1.807, 2.05) is 36.4 Å². The van der Waals surface area contributed by atoms with Crippen LogP contribution in [0.4, 0.5) is 4.79 Å². The topological polar surface area (TPSA) is 114 Å². The minimum Gasteiger partial charge on any atom is -0.481 e. The van der Waals surface area contributed by atoms with Gasteiger partial charge in [0.05, 0.1) is 6.10 Å². The number of carboxylic acids is 1. The molecule has 0 bridgehead atoms. The van der Waals surface area contributed by atoms with Gasteiger partial charge in [-0.05, 0) is 54.4 Å². The number of carbonyl (C=O) groups excluding carboxylic acids is 2. The second kappa shape index (κ2) is 10.9. The summed E-state index contributed by atoms with van der Waals surface area (Å²) in [6.07, 6.45) is 0.904. The maximum Gasteiger partial charge on any atom is 0.407 e. The number of carbonyl (C=O) groups is 3. The van der Waals surface area contributed by atoms with E-state index in [9.17, 15) is 14.4 Å². The van der Waals surface area contributed by atoms with Gasteiger partial charge in [-0.2, -0.15) is 0 Å². The van der Waals surface area contributed by atoms with Crippen molar-refractivity contribution < 1.29 is 29.0 Å². The molecule has 35 heavy (non-hydrogen) atoms. The summed E-state index contributed by atoms with van der Waals surface area (Å²) in [7, 11) is 1.48. The maximum absolute atomic E-state index is 13.0. The summed E-state index contributed by atoms with van der Waals surface area (Å²) in [6, 6.07) is 15.1. The lowest BCUT2D eigenvalue weighted by Gasteiger charge is -2.25. The van der Waals surface area contributed by atoms with E-state index in [-0.39, 0.29) is 36.8 Å². The lowest BCUT2D eigenvalue weighted by atomic mass is 9.98. The van der Waals surface area contributed by atoms with E-state index in [1.165, 1.54) is 7.11 Å².